The molecule has 0 heterocycles. The highest BCUT2D eigenvalue weighted by Crippen LogP contribution is 2.46. The number of nitrogens with one attached hydrogen (secondary N) is 2. The maximum absolute atomic E-state index is 12.7. The van der Waals surface area contributed by atoms with Crippen LogP contribution in [0.3, 0.4) is 0 Å². The van der Waals surface area contributed by atoms with Gasteiger partial charge in [-0.1, -0.05) is 26.2 Å². The zero-order chi connectivity index (χ0) is 25.1. The number of hydrogen-bond donors (Lipinski definition) is 2. The summed E-state index contributed by atoms with van der Waals surface area (Å²) in [6.45, 7) is 2.73. The summed E-state index contributed by atoms with van der Waals surface area (Å²) in [5.74, 6) is -1.19. The number of carbonyl (C=O) groups is 2. The van der Waals surface area contributed by atoms with Gasteiger partial charge >= 0.3 is 5.69 Å². The molecule has 0 unspecified atom stereocenters. The van der Waals surface area contributed by atoms with E-state index in [4.69, 9.17) is 18.9 Å². The van der Waals surface area contributed by atoms with E-state index in [1.165, 1.54) is 21.3 Å². The minimum absolute atomic E-state index is 0.0371. The molecule has 2 amide bonds. The fourth-order valence-electron chi connectivity index (χ4n) is 3.17. The summed E-state index contributed by atoms with van der Waals surface area (Å²) in [6, 6.07) is 7.53. The third-order valence-corrected chi connectivity index (χ3v) is 4.90. The predicted molar refractivity (Wildman–Crippen MR) is 124 cm³/mol. The molecule has 0 saturated heterocycles. The van der Waals surface area contributed by atoms with Crippen molar-refractivity contribution in [3.63, 3.8) is 0 Å². The number of nitrogens with zero attached hydrogens (tertiary/aromatic N) is 1. The predicted octanol–water partition coefficient (Wildman–Crippen LogP) is 3.65. The summed E-state index contributed by atoms with van der Waals surface area (Å²) in [5, 5.41) is 11.6. The van der Waals surface area contributed by atoms with Crippen molar-refractivity contribution < 1.29 is 33.5 Å². The van der Waals surface area contributed by atoms with Gasteiger partial charge in [0.05, 0.1) is 32.9 Å². The maximum Gasteiger partial charge on any atom is 0.327 e. The molecule has 0 aliphatic heterocycles. The number of nitro benzene ring substituents is 1. The molecule has 2 rings (SSSR count). The van der Waals surface area contributed by atoms with Crippen LogP contribution in [-0.4, -0.2) is 44.7 Å². The first-order chi connectivity index (χ1) is 16.4. The zero-order valence-corrected chi connectivity index (χ0v) is 19.6. The van der Waals surface area contributed by atoms with Crippen molar-refractivity contribution in [1.82, 2.24) is 10.9 Å². The highest BCUT2D eigenvalue weighted by molar-refractivity contribution is 6.02. The molecule has 0 radical (unpaired) electrons. The lowest BCUT2D eigenvalue weighted by Gasteiger charge is -2.15. The Morgan fingerprint density at radius 1 is 0.912 bits per heavy atom. The second kappa shape index (κ2) is 12.9. The molecule has 0 spiro atoms. The number of carbonyl (C=O) groups excluding carboxylic acids is 2. The van der Waals surface area contributed by atoms with E-state index in [1.54, 1.807) is 24.3 Å². The van der Waals surface area contributed by atoms with Gasteiger partial charge < -0.3 is 18.9 Å². The number of unbranched alkanes of at least 4 members (excludes halogenated alkanes) is 3. The number of amides is 2. The smallest absolute Gasteiger partial charge is 0.327 e. The standard InChI is InChI=1S/C23H29N3O8/c1-5-6-7-8-13-34-16-11-9-15(10-12-16)22(27)24-25-23(28)17-14-18(31-2)20(32-3)21(33-4)19(17)26(29)30/h9-12,14H,5-8,13H2,1-4H3,(H,24,27)(H,25,28). The Morgan fingerprint density at radius 2 is 1.56 bits per heavy atom. The Labute approximate surface area is 197 Å². The second-order valence-corrected chi connectivity index (χ2v) is 7.14. The molecule has 34 heavy (non-hydrogen) atoms. The second-order valence-electron chi connectivity index (χ2n) is 7.14. The molecule has 11 nitrogen and oxygen atoms in total. The van der Waals surface area contributed by atoms with Crippen LogP contribution in [0.4, 0.5) is 5.69 Å². The number of hydrogen-bond acceptors (Lipinski definition) is 8. The van der Waals surface area contributed by atoms with Crippen LogP contribution in [0.1, 0.15) is 53.3 Å². The van der Waals surface area contributed by atoms with Crippen LogP contribution in [-0.2, 0) is 0 Å². The average Bonchev–Trinajstić information content (AvgIpc) is 2.85. The minimum atomic E-state index is -0.939. The molecule has 2 N–H and O–H groups in total. The van der Waals surface area contributed by atoms with Gasteiger partial charge in [-0.05, 0) is 30.7 Å². The third-order valence-electron chi connectivity index (χ3n) is 4.90. The van der Waals surface area contributed by atoms with E-state index in [0.29, 0.717) is 12.4 Å². The highest BCUT2D eigenvalue weighted by atomic mass is 16.6. The maximum atomic E-state index is 12.7. The fraction of sp³-hybridized carbons (Fsp3) is 0.391. The van der Waals surface area contributed by atoms with Crippen LogP contribution in [0.15, 0.2) is 30.3 Å². The van der Waals surface area contributed by atoms with E-state index in [9.17, 15) is 19.7 Å². The normalized spacial score (nSPS) is 10.2. The molecular formula is C23H29N3O8. The molecule has 0 atom stereocenters. The van der Waals surface area contributed by atoms with E-state index in [2.05, 4.69) is 17.8 Å². The number of nitro groups is 1. The van der Waals surface area contributed by atoms with Gasteiger partial charge in [0, 0.05) is 11.6 Å². The number of benzene rings is 2. The van der Waals surface area contributed by atoms with E-state index >= 15 is 0 Å². The van der Waals surface area contributed by atoms with Crippen LogP contribution in [0.25, 0.3) is 0 Å². The quantitative estimate of drug-likeness (QED) is 0.269. The number of ether oxygens (including phenoxy) is 4. The van der Waals surface area contributed by atoms with E-state index in [1.807, 2.05) is 0 Å². The summed E-state index contributed by atoms with van der Waals surface area (Å²) in [6.07, 6.45) is 4.36. The third kappa shape index (κ3) is 6.50. The zero-order valence-electron chi connectivity index (χ0n) is 19.6. The lowest BCUT2D eigenvalue weighted by atomic mass is 10.1. The Balaban J connectivity index is 2.09. The number of hydrazine groups is 1. The highest BCUT2D eigenvalue weighted by Gasteiger charge is 2.32. The van der Waals surface area contributed by atoms with Crippen LogP contribution >= 0.6 is 0 Å². The van der Waals surface area contributed by atoms with Crippen molar-refractivity contribution in [2.24, 2.45) is 0 Å². The van der Waals surface area contributed by atoms with Crippen LogP contribution in [0.2, 0.25) is 0 Å². The van der Waals surface area contributed by atoms with Crippen LogP contribution in [0.5, 0.6) is 23.0 Å². The minimum Gasteiger partial charge on any atom is -0.494 e. The number of rotatable bonds is 12. The van der Waals surface area contributed by atoms with Crippen LogP contribution < -0.4 is 29.8 Å². The molecule has 0 bridgehead atoms. The van der Waals surface area contributed by atoms with Crippen molar-refractivity contribution in [3.8, 4) is 23.0 Å². The van der Waals surface area contributed by atoms with Gasteiger partial charge in [-0.3, -0.25) is 30.6 Å². The molecule has 0 saturated carbocycles. The van der Waals surface area contributed by atoms with Gasteiger partial charge in [-0.25, -0.2) is 0 Å². The molecule has 0 aromatic heterocycles. The van der Waals surface area contributed by atoms with Crippen LogP contribution in [0, 0.1) is 10.1 Å². The Bertz CT molecular complexity index is 1010. The van der Waals surface area contributed by atoms with Gasteiger partial charge in [0.2, 0.25) is 11.5 Å². The summed E-state index contributed by atoms with van der Waals surface area (Å²) in [4.78, 5) is 36.0. The first-order valence-corrected chi connectivity index (χ1v) is 10.7. The topological polar surface area (TPSA) is 138 Å². The molecule has 184 valence electrons. The largest absolute Gasteiger partial charge is 0.494 e. The van der Waals surface area contributed by atoms with Gasteiger partial charge in [0.15, 0.2) is 5.75 Å². The molecule has 2 aromatic carbocycles. The first-order valence-electron chi connectivity index (χ1n) is 10.7. The van der Waals surface area contributed by atoms with E-state index in [0.717, 1.165) is 31.7 Å². The summed E-state index contributed by atoms with van der Waals surface area (Å²) < 4.78 is 21.0. The SMILES string of the molecule is CCCCCCOc1ccc(C(=O)NNC(=O)c2cc(OC)c(OC)c(OC)c2[N+](=O)[O-])cc1. The Hall–Kier alpha value is -4.02. The molecule has 11 heteroatoms. The molecule has 0 fully saturated rings. The number of methoxy groups -OCH3 is 3. The van der Waals surface area contributed by atoms with Crippen molar-refractivity contribution >= 4 is 17.5 Å². The van der Waals surface area contributed by atoms with Crippen molar-refractivity contribution in [1.29, 1.82) is 0 Å². The Morgan fingerprint density at radius 3 is 2.12 bits per heavy atom. The lowest BCUT2D eigenvalue weighted by molar-refractivity contribution is -0.386. The lowest BCUT2D eigenvalue weighted by Crippen LogP contribution is -2.41. The fourth-order valence-corrected chi connectivity index (χ4v) is 3.17. The molecular weight excluding hydrogens is 446 g/mol. The van der Waals surface area contributed by atoms with Gasteiger partial charge in [0.1, 0.15) is 11.3 Å². The summed E-state index contributed by atoms with van der Waals surface area (Å²) in [5.41, 5.74) is 3.66. The summed E-state index contributed by atoms with van der Waals surface area (Å²) in [7, 11) is 3.80. The van der Waals surface area contributed by atoms with Crippen molar-refractivity contribution in [2.75, 3.05) is 27.9 Å². The molecule has 0 aliphatic carbocycles. The van der Waals surface area contributed by atoms with Crippen molar-refractivity contribution in [3.05, 3.63) is 51.6 Å². The van der Waals surface area contributed by atoms with E-state index in [-0.39, 0.29) is 28.4 Å². The average molecular weight is 475 g/mol. The Kier molecular flexibility index (Phi) is 9.93. The molecule has 2 aromatic rings. The van der Waals surface area contributed by atoms with Crippen molar-refractivity contribution in [2.45, 2.75) is 32.6 Å². The summed E-state index contributed by atoms with van der Waals surface area (Å²) >= 11 is 0. The van der Waals surface area contributed by atoms with Gasteiger partial charge in [-0.15, -0.1) is 0 Å². The van der Waals surface area contributed by atoms with Gasteiger partial charge in [-0.2, -0.15) is 0 Å². The first kappa shape index (κ1) is 26.2. The van der Waals surface area contributed by atoms with E-state index < -0.39 is 22.4 Å². The monoisotopic (exact) mass is 475 g/mol. The molecule has 0 aliphatic rings. The van der Waals surface area contributed by atoms with Gasteiger partial charge in [0.25, 0.3) is 11.8 Å².